The van der Waals surface area contributed by atoms with Crippen molar-refractivity contribution in [2.24, 2.45) is 0 Å². The summed E-state index contributed by atoms with van der Waals surface area (Å²) in [6.45, 7) is 4.08. The minimum Gasteiger partial charge on any atom is -0.334 e. The van der Waals surface area contributed by atoms with E-state index in [2.05, 4.69) is 25.7 Å². The summed E-state index contributed by atoms with van der Waals surface area (Å²) in [7, 11) is 0. The molecule has 5 rings (SSSR count). The first-order valence-electron chi connectivity index (χ1n) is 12.3. The van der Waals surface area contributed by atoms with Gasteiger partial charge in [0.15, 0.2) is 5.82 Å². The van der Waals surface area contributed by atoms with Crippen LogP contribution in [0.1, 0.15) is 30.7 Å². The van der Waals surface area contributed by atoms with E-state index >= 15 is 0 Å². The molecule has 1 atom stereocenters. The number of hydrogen-bond acceptors (Lipinski definition) is 5. The van der Waals surface area contributed by atoms with Gasteiger partial charge in [-0.2, -0.15) is 0 Å². The third-order valence-corrected chi connectivity index (χ3v) is 7.73. The highest BCUT2D eigenvalue weighted by Crippen LogP contribution is 2.31. The van der Waals surface area contributed by atoms with Gasteiger partial charge in [-0.1, -0.05) is 59.6 Å². The van der Waals surface area contributed by atoms with Crippen LogP contribution in [-0.2, 0) is 6.54 Å². The minimum atomic E-state index is 0. The molecule has 1 aromatic heterocycles. The fraction of sp³-hybridized carbons (Fsp3) is 0.385. The Bertz CT molecular complexity index is 1220. The van der Waals surface area contributed by atoms with Crippen LogP contribution in [0, 0.1) is 0 Å². The second-order valence-electron chi connectivity index (χ2n) is 9.26. The number of carbonyl (C=O) groups is 1. The molecule has 2 amide bonds. The molecule has 8 nitrogen and oxygen atoms in total. The van der Waals surface area contributed by atoms with Crippen molar-refractivity contribution in [3.05, 3.63) is 76.4 Å². The van der Waals surface area contributed by atoms with Gasteiger partial charge < -0.3 is 10.2 Å². The normalized spacial score (nSPS) is 16.9. The zero-order valence-corrected chi connectivity index (χ0v) is 23.9. The maximum Gasteiger partial charge on any atom is 0.321 e. The van der Waals surface area contributed by atoms with E-state index in [1.807, 2.05) is 70.4 Å². The SMILES string of the molecule is Cl.Cl.O=C1NCC=CN1C1CCN(CC[C@H](Cn2nnnc2-c2ccccc2)c2ccc(Cl)c(Cl)c2)CC1. The van der Waals surface area contributed by atoms with Crippen molar-refractivity contribution < 1.29 is 4.79 Å². The molecule has 1 N–H and O–H groups in total. The maximum atomic E-state index is 12.2. The van der Waals surface area contributed by atoms with Gasteiger partial charge in [0, 0.05) is 43.4 Å². The number of likely N-dealkylation sites (tertiary alicyclic amines) is 1. The zero-order valence-electron chi connectivity index (χ0n) is 20.7. The summed E-state index contributed by atoms with van der Waals surface area (Å²) >= 11 is 12.6. The van der Waals surface area contributed by atoms with Crippen molar-refractivity contribution >= 4 is 54.0 Å². The molecule has 3 aromatic rings. The highest BCUT2D eigenvalue weighted by molar-refractivity contribution is 6.42. The quantitative estimate of drug-likeness (QED) is 0.361. The molecule has 0 unspecified atom stereocenters. The lowest BCUT2D eigenvalue weighted by Gasteiger charge is -2.38. The van der Waals surface area contributed by atoms with Gasteiger partial charge >= 0.3 is 6.03 Å². The monoisotopic (exact) mass is 597 g/mol. The van der Waals surface area contributed by atoms with Crippen LogP contribution in [0.5, 0.6) is 0 Å². The van der Waals surface area contributed by atoms with Crippen LogP contribution >= 0.6 is 48.0 Å². The average Bonchev–Trinajstić information content (AvgIpc) is 3.38. The van der Waals surface area contributed by atoms with Crippen molar-refractivity contribution in [2.75, 3.05) is 26.2 Å². The maximum absolute atomic E-state index is 12.2. The summed E-state index contributed by atoms with van der Waals surface area (Å²) in [5.74, 6) is 0.897. The van der Waals surface area contributed by atoms with E-state index in [1.54, 1.807) is 0 Å². The van der Waals surface area contributed by atoms with Gasteiger partial charge in [-0.25, -0.2) is 9.48 Å². The largest absolute Gasteiger partial charge is 0.334 e. The van der Waals surface area contributed by atoms with Gasteiger partial charge in [-0.3, -0.25) is 4.90 Å². The van der Waals surface area contributed by atoms with Crippen molar-refractivity contribution in [1.82, 2.24) is 35.3 Å². The summed E-state index contributed by atoms with van der Waals surface area (Å²) in [6.07, 6.45) is 6.76. The number of nitrogens with one attached hydrogen (secondary N) is 1. The first-order valence-corrected chi connectivity index (χ1v) is 13.1. The lowest BCUT2D eigenvalue weighted by Crippen LogP contribution is -2.50. The fourth-order valence-electron chi connectivity index (χ4n) is 4.98. The minimum absolute atomic E-state index is 0. The van der Waals surface area contributed by atoms with Crippen LogP contribution in [0.25, 0.3) is 11.4 Å². The van der Waals surface area contributed by atoms with Crippen molar-refractivity contribution in [3.8, 4) is 11.4 Å². The Kier molecular flexibility index (Phi) is 11.2. The highest BCUT2D eigenvalue weighted by atomic mass is 35.5. The topological polar surface area (TPSA) is 79.2 Å². The molecule has 1 fully saturated rings. The number of amides is 2. The van der Waals surface area contributed by atoms with E-state index in [-0.39, 0.29) is 42.8 Å². The lowest BCUT2D eigenvalue weighted by molar-refractivity contribution is 0.140. The number of benzene rings is 2. The molecule has 0 spiro atoms. The molecule has 1 saturated heterocycles. The second kappa shape index (κ2) is 14.1. The van der Waals surface area contributed by atoms with E-state index < -0.39 is 0 Å². The molecule has 0 saturated carbocycles. The number of aromatic nitrogens is 4. The zero-order chi connectivity index (χ0) is 24.9. The van der Waals surface area contributed by atoms with Crippen LogP contribution < -0.4 is 5.32 Å². The summed E-state index contributed by atoms with van der Waals surface area (Å²) in [4.78, 5) is 16.5. The molecule has 204 valence electrons. The number of nitrogens with zero attached hydrogens (tertiary/aromatic N) is 6. The van der Waals surface area contributed by atoms with Gasteiger partial charge in [0.05, 0.1) is 16.6 Å². The van der Waals surface area contributed by atoms with E-state index in [4.69, 9.17) is 23.2 Å². The van der Waals surface area contributed by atoms with E-state index in [9.17, 15) is 4.79 Å². The van der Waals surface area contributed by atoms with Crippen LogP contribution in [0.3, 0.4) is 0 Å². The molecule has 12 heteroatoms. The van der Waals surface area contributed by atoms with Crippen molar-refractivity contribution in [1.29, 1.82) is 0 Å². The molecule has 2 aliphatic rings. The summed E-state index contributed by atoms with van der Waals surface area (Å²) in [5.41, 5.74) is 2.09. The molecule has 0 bridgehead atoms. The molecule has 2 aliphatic heterocycles. The number of piperidine rings is 1. The third kappa shape index (κ3) is 7.18. The van der Waals surface area contributed by atoms with Crippen molar-refractivity contribution in [3.63, 3.8) is 0 Å². The number of halogens is 4. The molecule has 0 aliphatic carbocycles. The number of tetrazole rings is 1. The molecule has 38 heavy (non-hydrogen) atoms. The fourth-order valence-corrected chi connectivity index (χ4v) is 5.29. The Morgan fingerprint density at radius 2 is 1.79 bits per heavy atom. The average molecular weight is 599 g/mol. The van der Waals surface area contributed by atoms with E-state index in [0.717, 1.165) is 55.8 Å². The molecule has 0 radical (unpaired) electrons. The van der Waals surface area contributed by atoms with Crippen LogP contribution in [0.4, 0.5) is 4.79 Å². The number of rotatable bonds is 8. The number of carbonyl (C=O) groups excluding carboxylic acids is 1. The smallest absolute Gasteiger partial charge is 0.321 e. The summed E-state index contributed by atoms with van der Waals surface area (Å²) in [5, 5.41) is 16.5. The van der Waals surface area contributed by atoms with E-state index in [0.29, 0.717) is 23.1 Å². The standard InChI is InChI=1S/C26H29Cl2N7O.2ClH/c27-23-8-7-20(17-24(23)28)21(18-35-25(30-31-32-35)19-5-2-1-3-6-19)9-14-33-15-10-22(11-16-33)34-13-4-12-29-26(34)36;;/h1-8,13,17,21-22H,9-12,14-16,18H2,(H,29,36);2*1H/t21-;;/m1../s1. The molecular formula is C26H31Cl4N7O. The van der Waals surface area contributed by atoms with Gasteiger partial charge in [-0.05, 0) is 60.0 Å². The Balaban J connectivity index is 0.00000200. The van der Waals surface area contributed by atoms with Gasteiger partial charge in [0.1, 0.15) is 0 Å². The number of urea groups is 1. The second-order valence-corrected chi connectivity index (χ2v) is 10.1. The Labute approximate surface area is 245 Å². The third-order valence-electron chi connectivity index (χ3n) is 6.99. The highest BCUT2D eigenvalue weighted by Gasteiger charge is 2.28. The van der Waals surface area contributed by atoms with Crippen LogP contribution in [0.15, 0.2) is 60.8 Å². The predicted molar refractivity (Wildman–Crippen MR) is 155 cm³/mol. The molecule has 2 aromatic carbocycles. The lowest BCUT2D eigenvalue weighted by atomic mass is 9.94. The Hall–Kier alpha value is -2.36. The summed E-state index contributed by atoms with van der Waals surface area (Å²) in [6, 6.07) is 16.1. The predicted octanol–water partition coefficient (Wildman–Crippen LogP) is 5.67. The van der Waals surface area contributed by atoms with Crippen LogP contribution in [-0.4, -0.2) is 68.3 Å². The molecule has 3 heterocycles. The first-order chi connectivity index (χ1) is 17.6. The first kappa shape index (κ1) is 30.2. The molecular weight excluding hydrogens is 568 g/mol. The van der Waals surface area contributed by atoms with Crippen LogP contribution in [0.2, 0.25) is 10.0 Å². The van der Waals surface area contributed by atoms with Gasteiger partial charge in [0.2, 0.25) is 0 Å². The number of hydrogen-bond donors (Lipinski definition) is 1. The van der Waals surface area contributed by atoms with E-state index in [1.165, 1.54) is 0 Å². The van der Waals surface area contributed by atoms with Gasteiger partial charge in [0.25, 0.3) is 0 Å². The summed E-state index contributed by atoms with van der Waals surface area (Å²) < 4.78 is 1.87. The van der Waals surface area contributed by atoms with Crippen molar-refractivity contribution in [2.45, 2.75) is 37.8 Å². The Morgan fingerprint density at radius 3 is 2.50 bits per heavy atom. The Morgan fingerprint density at radius 1 is 1.03 bits per heavy atom. The van der Waals surface area contributed by atoms with Gasteiger partial charge in [-0.15, -0.1) is 29.9 Å².